The van der Waals surface area contributed by atoms with Gasteiger partial charge in [0.15, 0.2) is 0 Å². The fraction of sp³-hybridized carbons (Fsp3) is 0.706. The molecule has 0 unspecified atom stereocenters. The van der Waals surface area contributed by atoms with Crippen molar-refractivity contribution < 1.29 is 74.8 Å². The van der Waals surface area contributed by atoms with Gasteiger partial charge in [0, 0.05) is 39.3 Å². The number of rotatable bonds is 0. The fourth-order valence-electron chi connectivity index (χ4n) is 3.25. The van der Waals surface area contributed by atoms with Crippen molar-refractivity contribution in [1.82, 2.24) is 25.4 Å². The van der Waals surface area contributed by atoms with E-state index in [9.17, 15) is 0 Å². The molecule has 13 nitrogen and oxygen atoms in total. The Morgan fingerprint density at radius 2 is 0.970 bits per heavy atom. The van der Waals surface area contributed by atoms with Crippen molar-refractivity contribution in [3.8, 4) is 0 Å². The standard InChI is InChI=1S/C17H29N5.2ClHO4.Mn/c1-4-16-14-18-6-2-8-21-10-12-22(13-11-21)9-3-7-19-15-17(5-1)20-16;2*2-1(3,4)5;/h1,4-5,18-19H,2-3,6-15H2;2*(H,2,3,4,5);/q;;;+2/p-2. The number of nitrogens with one attached hydrogen (secondary N) is 2. The van der Waals surface area contributed by atoms with Crippen LogP contribution in [0.2, 0.25) is 0 Å². The van der Waals surface area contributed by atoms with Crippen LogP contribution in [0, 0.1) is 20.5 Å². The van der Waals surface area contributed by atoms with Crippen molar-refractivity contribution in [2.24, 2.45) is 0 Å². The Kier molecular flexibility index (Phi) is 17.1. The summed E-state index contributed by atoms with van der Waals surface area (Å²) in [4.78, 5) is 9.93. The molecule has 16 heteroatoms. The zero-order valence-electron chi connectivity index (χ0n) is 18.0. The molecule has 1 radical (unpaired) electrons. The van der Waals surface area contributed by atoms with E-state index in [0.29, 0.717) is 0 Å². The largest absolute Gasteiger partial charge is 2.00 e. The summed E-state index contributed by atoms with van der Waals surface area (Å²) in [5, 5.41) is 7.05. The maximum Gasteiger partial charge on any atom is 2.00 e. The van der Waals surface area contributed by atoms with Crippen LogP contribution in [0.1, 0.15) is 24.2 Å². The molecule has 2 N–H and O–H groups in total. The Morgan fingerprint density at radius 1 is 0.636 bits per heavy atom. The van der Waals surface area contributed by atoms with E-state index in [1.807, 2.05) is 0 Å². The van der Waals surface area contributed by atoms with Crippen LogP contribution in [0.4, 0.5) is 0 Å². The Balaban J connectivity index is 0.000000790. The maximum atomic E-state index is 8.49. The van der Waals surface area contributed by atoms with Crippen molar-refractivity contribution in [3.05, 3.63) is 29.6 Å². The molecular weight excluding hydrogens is 528 g/mol. The van der Waals surface area contributed by atoms with Crippen LogP contribution >= 0.6 is 0 Å². The molecule has 191 valence electrons. The van der Waals surface area contributed by atoms with Gasteiger partial charge in [0.25, 0.3) is 0 Å². The van der Waals surface area contributed by atoms with Crippen molar-refractivity contribution in [1.29, 1.82) is 0 Å². The molecule has 4 rings (SSSR count). The first-order chi connectivity index (χ1) is 14.9. The van der Waals surface area contributed by atoms with E-state index in [2.05, 4.69) is 38.6 Å². The average Bonchev–Trinajstić information content (AvgIpc) is 2.66. The quantitative estimate of drug-likeness (QED) is 0.283. The first kappa shape index (κ1) is 32.8. The second-order valence-electron chi connectivity index (χ2n) is 7.12. The molecule has 33 heavy (non-hydrogen) atoms. The van der Waals surface area contributed by atoms with Crippen LogP contribution < -0.4 is 47.9 Å². The minimum Gasteiger partial charge on any atom is -0.311 e. The molecule has 0 aromatic carbocycles. The molecule has 0 atom stereocenters. The minimum absolute atomic E-state index is 0. The first-order valence-electron chi connectivity index (χ1n) is 9.94. The van der Waals surface area contributed by atoms with Crippen molar-refractivity contribution in [3.63, 3.8) is 0 Å². The van der Waals surface area contributed by atoms with Gasteiger partial charge in [-0.25, -0.2) is 37.3 Å². The molecule has 4 heterocycles. The number of pyridine rings is 1. The van der Waals surface area contributed by atoms with Gasteiger partial charge in [0.2, 0.25) is 0 Å². The van der Waals surface area contributed by atoms with E-state index in [0.717, 1.165) is 37.6 Å². The zero-order chi connectivity index (χ0) is 24.0. The van der Waals surface area contributed by atoms with Crippen LogP contribution in [-0.4, -0.2) is 67.1 Å². The monoisotopic (exact) mass is 556 g/mol. The predicted octanol–water partition coefficient (Wildman–Crippen LogP) is -8.84. The van der Waals surface area contributed by atoms with Gasteiger partial charge in [-0.2, -0.15) is 0 Å². The first-order valence-corrected chi connectivity index (χ1v) is 12.4. The fourth-order valence-corrected chi connectivity index (χ4v) is 3.25. The van der Waals surface area contributed by atoms with Gasteiger partial charge in [-0.05, 0) is 51.2 Å². The predicted molar refractivity (Wildman–Crippen MR) is 89.8 cm³/mol. The molecular formula is C17H29Cl2MnN5O8. The third kappa shape index (κ3) is 22.0. The molecule has 0 spiro atoms. The van der Waals surface area contributed by atoms with Crippen molar-refractivity contribution in [2.45, 2.75) is 25.9 Å². The topological polar surface area (TPSA) is 228 Å². The summed E-state index contributed by atoms with van der Waals surface area (Å²) in [5.74, 6) is 0. The Labute approximate surface area is 208 Å². The molecule has 1 aromatic heterocycles. The summed E-state index contributed by atoms with van der Waals surface area (Å²) in [5.41, 5.74) is 2.30. The van der Waals surface area contributed by atoms with Gasteiger partial charge in [0.05, 0.1) is 11.4 Å². The minimum atomic E-state index is -4.94. The molecule has 3 aliphatic rings. The number of nitrogens with zero attached hydrogens (tertiary/aromatic N) is 3. The van der Waals surface area contributed by atoms with Crippen LogP contribution in [0.15, 0.2) is 18.2 Å². The van der Waals surface area contributed by atoms with Crippen molar-refractivity contribution >= 4 is 0 Å². The van der Waals surface area contributed by atoms with Crippen LogP contribution in [0.3, 0.4) is 0 Å². The summed E-state index contributed by atoms with van der Waals surface area (Å²) in [6, 6.07) is 6.35. The summed E-state index contributed by atoms with van der Waals surface area (Å²) < 4.78 is 67.9. The van der Waals surface area contributed by atoms with Crippen LogP contribution in [0.5, 0.6) is 0 Å². The summed E-state index contributed by atoms with van der Waals surface area (Å²) in [7, 11) is -9.89. The van der Waals surface area contributed by atoms with Gasteiger partial charge in [-0.1, -0.05) is 6.07 Å². The van der Waals surface area contributed by atoms with Gasteiger partial charge in [-0.3, -0.25) is 4.98 Å². The summed E-state index contributed by atoms with van der Waals surface area (Å²) in [6.45, 7) is 11.3. The van der Waals surface area contributed by atoms with E-state index >= 15 is 0 Å². The van der Waals surface area contributed by atoms with Gasteiger partial charge < -0.3 is 20.4 Å². The molecule has 1 saturated heterocycles. The van der Waals surface area contributed by atoms with E-state index in [1.165, 1.54) is 52.1 Å². The number of aromatic nitrogens is 1. The number of hydrogen-bond donors (Lipinski definition) is 2. The number of piperazine rings is 1. The second-order valence-corrected chi connectivity index (χ2v) is 8.63. The molecule has 0 amide bonds. The molecule has 3 aliphatic heterocycles. The van der Waals surface area contributed by atoms with Crippen LogP contribution in [0.25, 0.3) is 0 Å². The van der Waals surface area contributed by atoms with E-state index in [4.69, 9.17) is 42.3 Å². The van der Waals surface area contributed by atoms with E-state index < -0.39 is 20.5 Å². The number of halogens is 2. The van der Waals surface area contributed by atoms with Gasteiger partial charge in [0.1, 0.15) is 0 Å². The maximum absolute atomic E-state index is 8.49. The van der Waals surface area contributed by atoms with E-state index in [-0.39, 0.29) is 17.1 Å². The zero-order valence-corrected chi connectivity index (χ0v) is 20.7. The Hall–Kier alpha value is -0.231. The van der Waals surface area contributed by atoms with Crippen LogP contribution in [-0.2, 0) is 30.2 Å². The molecule has 1 fully saturated rings. The normalized spacial score (nSPS) is 22.4. The Morgan fingerprint density at radius 3 is 1.30 bits per heavy atom. The second kappa shape index (κ2) is 17.2. The van der Waals surface area contributed by atoms with E-state index in [1.54, 1.807) is 0 Å². The molecule has 4 bridgehead atoms. The summed E-state index contributed by atoms with van der Waals surface area (Å²) in [6.07, 6.45) is 2.45. The Bertz CT molecular complexity index is 573. The van der Waals surface area contributed by atoms with Gasteiger partial charge in [-0.15, -0.1) is 20.5 Å². The molecule has 0 aliphatic carbocycles. The van der Waals surface area contributed by atoms with Crippen molar-refractivity contribution in [2.75, 3.05) is 52.4 Å². The molecule has 1 aromatic rings. The molecule has 0 saturated carbocycles. The third-order valence-corrected chi connectivity index (χ3v) is 4.60. The third-order valence-electron chi connectivity index (χ3n) is 4.60. The SMILES string of the molecule is [Mn+2].[O-][Cl+3]([O-])([O-])[O-].[O-][Cl+3]([O-])([O-])[O-].c1cc2nc(c1)CNCCCN1CCN(CCCNC2)CC1. The smallest absolute Gasteiger partial charge is 0.311 e. The summed E-state index contributed by atoms with van der Waals surface area (Å²) >= 11 is 0. The number of fused-ring (bicyclic) bond motifs is 10. The average molecular weight is 557 g/mol. The number of hydrogen-bond acceptors (Lipinski definition) is 13. The van der Waals surface area contributed by atoms with Gasteiger partial charge >= 0.3 is 17.1 Å².